The molecule has 5 nitrogen and oxygen atoms in total. The van der Waals surface area contributed by atoms with Crippen molar-refractivity contribution in [2.45, 2.75) is 25.4 Å². The van der Waals surface area contributed by atoms with Gasteiger partial charge in [0, 0.05) is 25.7 Å². The van der Waals surface area contributed by atoms with Crippen molar-refractivity contribution in [3.63, 3.8) is 0 Å². The van der Waals surface area contributed by atoms with E-state index in [-0.39, 0.29) is 11.9 Å². The highest BCUT2D eigenvalue weighted by molar-refractivity contribution is 5.78. The third-order valence-electron chi connectivity index (χ3n) is 3.55. The summed E-state index contributed by atoms with van der Waals surface area (Å²) in [5, 5.41) is 11.7. The fraction of sp³-hybridized carbons (Fsp3) is 0.467. The zero-order chi connectivity index (χ0) is 14.4. The molecule has 1 saturated heterocycles. The van der Waals surface area contributed by atoms with Crippen molar-refractivity contribution in [3.8, 4) is 6.07 Å². The lowest BCUT2D eigenvalue weighted by Crippen LogP contribution is -2.44. The monoisotopic (exact) mass is 272 g/mol. The molecule has 1 aliphatic heterocycles. The number of benzene rings is 1. The quantitative estimate of drug-likeness (QED) is 0.841. The maximum absolute atomic E-state index is 11.9. The summed E-state index contributed by atoms with van der Waals surface area (Å²) in [6.45, 7) is 2.66. The molecule has 5 heteroatoms. The van der Waals surface area contributed by atoms with Crippen molar-refractivity contribution in [3.05, 3.63) is 35.4 Å². The summed E-state index contributed by atoms with van der Waals surface area (Å²) in [6.07, 6.45) is 1.91. The van der Waals surface area contributed by atoms with Crippen LogP contribution >= 0.6 is 0 Å². The van der Waals surface area contributed by atoms with Crippen molar-refractivity contribution in [1.29, 1.82) is 5.26 Å². The Morgan fingerprint density at radius 2 is 2.20 bits per heavy atom. The summed E-state index contributed by atoms with van der Waals surface area (Å²) in [6, 6.07) is 9.65. The molecule has 0 unspecified atom stereocenters. The summed E-state index contributed by atoms with van der Waals surface area (Å²) >= 11 is 0. The largest absolute Gasteiger partial charge is 0.351 e. The lowest BCUT2D eigenvalue weighted by atomic mass is 10.1. The van der Waals surface area contributed by atoms with Gasteiger partial charge in [-0.1, -0.05) is 12.1 Å². The molecule has 1 aromatic carbocycles. The Balaban J connectivity index is 1.76. The van der Waals surface area contributed by atoms with Crippen LogP contribution in [0, 0.1) is 11.3 Å². The number of amides is 1. The van der Waals surface area contributed by atoms with Crippen molar-refractivity contribution >= 4 is 5.91 Å². The van der Waals surface area contributed by atoms with Crippen LogP contribution in [-0.2, 0) is 11.3 Å². The van der Waals surface area contributed by atoms with Gasteiger partial charge in [-0.3, -0.25) is 9.69 Å². The zero-order valence-electron chi connectivity index (χ0n) is 11.5. The third-order valence-corrected chi connectivity index (χ3v) is 3.55. The first-order valence-electron chi connectivity index (χ1n) is 6.91. The number of hydrogen-bond donors (Lipinski definition) is 2. The topological polar surface area (TPSA) is 82.2 Å². The number of rotatable bonds is 4. The highest BCUT2D eigenvalue weighted by Crippen LogP contribution is 2.07. The number of nitrogens with one attached hydrogen (secondary N) is 1. The molecule has 1 amide bonds. The number of nitrogens with two attached hydrogens (primary N) is 1. The van der Waals surface area contributed by atoms with Crippen LogP contribution in [0.3, 0.4) is 0 Å². The average molecular weight is 272 g/mol. The van der Waals surface area contributed by atoms with Crippen molar-refractivity contribution in [2.24, 2.45) is 5.73 Å². The highest BCUT2D eigenvalue weighted by Gasteiger charge is 2.17. The van der Waals surface area contributed by atoms with E-state index in [1.807, 2.05) is 12.1 Å². The van der Waals surface area contributed by atoms with Gasteiger partial charge in [-0.25, -0.2) is 0 Å². The molecule has 1 heterocycles. The minimum absolute atomic E-state index is 0.0165. The standard InChI is InChI=1S/C15H20N4O/c16-9-12-2-1-3-13(8-12)10-18-15(20)11-19-6-4-14(17)5-7-19/h1-3,8,14H,4-7,10-11,17H2,(H,18,20). The van der Waals surface area contributed by atoms with Crippen LogP contribution in [0.4, 0.5) is 0 Å². The van der Waals surface area contributed by atoms with E-state index in [0.29, 0.717) is 18.7 Å². The van der Waals surface area contributed by atoms with Gasteiger partial charge in [0.25, 0.3) is 0 Å². The Kier molecular flexibility index (Phi) is 5.10. The van der Waals surface area contributed by atoms with Crippen LogP contribution in [0.1, 0.15) is 24.0 Å². The zero-order valence-corrected chi connectivity index (χ0v) is 11.5. The molecule has 0 bridgehead atoms. The third kappa shape index (κ3) is 4.34. The Morgan fingerprint density at radius 1 is 1.45 bits per heavy atom. The predicted octanol–water partition coefficient (Wildman–Crippen LogP) is 0.598. The summed E-state index contributed by atoms with van der Waals surface area (Å²) in [4.78, 5) is 14.0. The first-order valence-corrected chi connectivity index (χ1v) is 6.91. The van der Waals surface area contributed by atoms with Gasteiger partial charge in [0.1, 0.15) is 0 Å². The second-order valence-corrected chi connectivity index (χ2v) is 5.20. The van der Waals surface area contributed by atoms with Crippen LogP contribution in [0.2, 0.25) is 0 Å². The van der Waals surface area contributed by atoms with Gasteiger partial charge in [0.2, 0.25) is 5.91 Å². The van der Waals surface area contributed by atoms with E-state index in [4.69, 9.17) is 11.0 Å². The van der Waals surface area contributed by atoms with Crippen molar-refractivity contribution in [2.75, 3.05) is 19.6 Å². The predicted molar refractivity (Wildman–Crippen MR) is 76.7 cm³/mol. The molecule has 20 heavy (non-hydrogen) atoms. The maximum atomic E-state index is 11.9. The second-order valence-electron chi connectivity index (χ2n) is 5.20. The number of carbonyl (C=O) groups is 1. The molecule has 0 spiro atoms. The summed E-state index contributed by atoms with van der Waals surface area (Å²) in [7, 11) is 0. The van der Waals surface area contributed by atoms with Gasteiger partial charge in [-0.15, -0.1) is 0 Å². The van der Waals surface area contributed by atoms with E-state index in [2.05, 4.69) is 16.3 Å². The lowest BCUT2D eigenvalue weighted by Gasteiger charge is -2.29. The first kappa shape index (κ1) is 14.5. The smallest absolute Gasteiger partial charge is 0.234 e. The van der Waals surface area contributed by atoms with Gasteiger partial charge in [-0.2, -0.15) is 5.26 Å². The van der Waals surface area contributed by atoms with Crippen LogP contribution in [0.5, 0.6) is 0 Å². The molecule has 3 N–H and O–H groups in total. The van der Waals surface area contributed by atoms with Crippen LogP contribution in [-0.4, -0.2) is 36.5 Å². The number of nitriles is 1. The Bertz CT molecular complexity index is 501. The van der Waals surface area contributed by atoms with Crippen LogP contribution in [0.25, 0.3) is 0 Å². The molecule has 0 aromatic heterocycles. The maximum Gasteiger partial charge on any atom is 0.234 e. The molecule has 0 aliphatic carbocycles. The molecular weight excluding hydrogens is 252 g/mol. The number of likely N-dealkylation sites (tertiary alicyclic amines) is 1. The lowest BCUT2D eigenvalue weighted by molar-refractivity contribution is -0.122. The van der Waals surface area contributed by atoms with Gasteiger partial charge < -0.3 is 11.1 Å². The van der Waals surface area contributed by atoms with E-state index in [0.717, 1.165) is 31.5 Å². The van der Waals surface area contributed by atoms with Crippen molar-refractivity contribution in [1.82, 2.24) is 10.2 Å². The number of hydrogen-bond acceptors (Lipinski definition) is 4. The number of carbonyl (C=O) groups excluding carboxylic acids is 1. The molecule has 0 saturated carbocycles. The summed E-state index contributed by atoms with van der Waals surface area (Å²) < 4.78 is 0. The Hall–Kier alpha value is -1.90. The summed E-state index contributed by atoms with van der Waals surface area (Å²) in [5.74, 6) is 0.0165. The number of piperidine rings is 1. The molecule has 106 valence electrons. The highest BCUT2D eigenvalue weighted by atomic mass is 16.2. The van der Waals surface area contributed by atoms with Crippen molar-refractivity contribution < 1.29 is 4.79 Å². The van der Waals surface area contributed by atoms with Crippen LogP contribution in [0.15, 0.2) is 24.3 Å². The first-order chi connectivity index (χ1) is 9.67. The molecular formula is C15H20N4O. The number of nitrogens with zero attached hydrogens (tertiary/aromatic N) is 2. The van der Waals surface area contributed by atoms with Gasteiger partial charge in [0.15, 0.2) is 0 Å². The van der Waals surface area contributed by atoms with E-state index < -0.39 is 0 Å². The molecule has 1 fully saturated rings. The average Bonchev–Trinajstić information content (AvgIpc) is 2.48. The van der Waals surface area contributed by atoms with Gasteiger partial charge in [-0.05, 0) is 30.5 Å². The SMILES string of the molecule is N#Cc1cccc(CNC(=O)CN2CCC(N)CC2)c1. The van der Waals surface area contributed by atoms with Gasteiger partial charge in [0.05, 0.1) is 18.2 Å². The van der Waals surface area contributed by atoms with Crippen LogP contribution < -0.4 is 11.1 Å². The molecule has 1 aliphatic rings. The molecule has 0 atom stereocenters. The fourth-order valence-electron chi connectivity index (χ4n) is 2.32. The molecule has 1 aromatic rings. The van der Waals surface area contributed by atoms with E-state index in [1.165, 1.54) is 0 Å². The Labute approximate surface area is 119 Å². The van der Waals surface area contributed by atoms with Gasteiger partial charge >= 0.3 is 0 Å². The van der Waals surface area contributed by atoms with E-state index in [9.17, 15) is 4.79 Å². The minimum Gasteiger partial charge on any atom is -0.351 e. The minimum atomic E-state index is 0.0165. The van der Waals surface area contributed by atoms with E-state index in [1.54, 1.807) is 12.1 Å². The second kappa shape index (κ2) is 7.04. The normalized spacial score (nSPS) is 16.6. The van der Waals surface area contributed by atoms with E-state index >= 15 is 0 Å². The molecule has 2 rings (SSSR count). The Morgan fingerprint density at radius 3 is 2.90 bits per heavy atom. The fourth-order valence-corrected chi connectivity index (χ4v) is 2.32. The molecule has 0 radical (unpaired) electrons. The summed E-state index contributed by atoms with van der Waals surface area (Å²) in [5.41, 5.74) is 7.39.